The number of hydrogen-bond donors (Lipinski definition) is 1. The first-order valence-corrected chi connectivity index (χ1v) is 7.06. The predicted octanol–water partition coefficient (Wildman–Crippen LogP) is 4.70. The van der Waals surface area contributed by atoms with Crippen LogP contribution < -0.4 is 5.32 Å². The summed E-state index contributed by atoms with van der Waals surface area (Å²) in [5.74, 6) is -0.223. The Morgan fingerprint density at radius 3 is 2.43 bits per heavy atom. The Morgan fingerprint density at radius 2 is 1.76 bits per heavy atom. The van der Waals surface area contributed by atoms with E-state index < -0.39 is 0 Å². The van der Waals surface area contributed by atoms with E-state index in [-0.39, 0.29) is 12.3 Å². The highest BCUT2D eigenvalue weighted by Crippen LogP contribution is 2.23. The number of rotatable bonds is 3. The van der Waals surface area contributed by atoms with Crippen LogP contribution in [0.4, 0.5) is 5.69 Å². The van der Waals surface area contributed by atoms with E-state index in [4.69, 9.17) is 40.1 Å². The highest BCUT2D eigenvalue weighted by molar-refractivity contribution is 6.42. The van der Waals surface area contributed by atoms with Crippen LogP contribution in [0.3, 0.4) is 0 Å². The highest BCUT2D eigenvalue weighted by Gasteiger charge is 2.08. The van der Waals surface area contributed by atoms with Gasteiger partial charge in [-0.1, -0.05) is 40.9 Å². The summed E-state index contributed by atoms with van der Waals surface area (Å²) in [6.07, 6.45) is 0.154. The quantitative estimate of drug-likeness (QED) is 0.881. The first-order chi connectivity index (χ1) is 9.99. The molecule has 106 valence electrons. The second-order valence-electron chi connectivity index (χ2n) is 4.28. The molecule has 0 aliphatic rings. The average Bonchev–Trinajstić information content (AvgIpc) is 2.45. The number of nitriles is 1. The number of hydrogen-bond acceptors (Lipinski definition) is 2. The summed E-state index contributed by atoms with van der Waals surface area (Å²) in [5, 5.41) is 12.8. The van der Waals surface area contributed by atoms with E-state index >= 15 is 0 Å². The van der Waals surface area contributed by atoms with E-state index in [9.17, 15) is 4.79 Å². The van der Waals surface area contributed by atoms with Crippen molar-refractivity contribution in [2.24, 2.45) is 0 Å². The molecule has 0 spiro atoms. The maximum Gasteiger partial charge on any atom is 0.228 e. The third-order valence-electron chi connectivity index (χ3n) is 2.72. The van der Waals surface area contributed by atoms with Gasteiger partial charge in [0.1, 0.15) is 6.07 Å². The Morgan fingerprint density at radius 1 is 1.05 bits per heavy atom. The molecule has 0 aliphatic carbocycles. The minimum atomic E-state index is -0.223. The minimum Gasteiger partial charge on any atom is -0.326 e. The van der Waals surface area contributed by atoms with Gasteiger partial charge in [-0.25, -0.2) is 0 Å². The molecule has 0 aromatic heterocycles. The summed E-state index contributed by atoms with van der Waals surface area (Å²) in [5.41, 5.74) is 1.57. The molecule has 21 heavy (non-hydrogen) atoms. The van der Waals surface area contributed by atoms with Crippen LogP contribution in [0.5, 0.6) is 0 Å². The topological polar surface area (TPSA) is 52.9 Å². The van der Waals surface area contributed by atoms with Crippen LogP contribution in [-0.2, 0) is 11.2 Å². The monoisotopic (exact) mass is 338 g/mol. The smallest absolute Gasteiger partial charge is 0.228 e. The fraction of sp³-hybridized carbons (Fsp3) is 0.0667. The maximum absolute atomic E-state index is 12.0. The van der Waals surface area contributed by atoms with E-state index in [1.807, 2.05) is 6.07 Å². The van der Waals surface area contributed by atoms with Gasteiger partial charge in [0.15, 0.2) is 0 Å². The van der Waals surface area contributed by atoms with Gasteiger partial charge in [0, 0.05) is 5.69 Å². The van der Waals surface area contributed by atoms with E-state index in [2.05, 4.69) is 5.32 Å². The summed E-state index contributed by atoms with van der Waals surface area (Å²) < 4.78 is 0. The number of nitrogens with zero attached hydrogens (tertiary/aromatic N) is 1. The van der Waals surface area contributed by atoms with Crippen molar-refractivity contribution in [3.8, 4) is 6.07 Å². The molecule has 1 amide bonds. The number of anilines is 1. The van der Waals surface area contributed by atoms with Gasteiger partial charge in [-0.2, -0.15) is 5.26 Å². The molecule has 0 bridgehead atoms. The molecule has 0 saturated heterocycles. The molecule has 2 aromatic rings. The normalized spacial score (nSPS) is 10.0. The SMILES string of the molecule is N#Cc1cc(NC(=O)Cc2ccc(Cl)c(Cl)c2)ccc1Cl. The van der Waals surface area contributed by atoms with Crippen LogP contribution >= 0.6 is 34.8 Å². The van der Waals surface area contributed by atoms with Crippen molar-refractivity contribution in [3.63, 3.8) is 0 Å². The maximum atomic E-state index is 12.0. The standard InChI is InChI=1S/C15H9Cl3N2O/c16-12-4-2-11(7-10(12)8-19)20-15(21)6-9-1-3-13(17)14(18)5-9/h1-5,7H,6H2,(H,20,21). The molecule has 3 nitrogen and oxygen atoms in total. The zero-order valence-corrected chi connectivity index (χ0v) is 12.9. The largest absolute Gasteiger partial charge is 0.326 e. The number of nitrogens with one attached hydrogen (secondary N) is 1. The van der Waals surface area contributed by atoms with E-state index in [1.165, 1.54) is 6.07 Å². The molecular weight excluding hydrogens is 331 g/mol. The van der Waals surface area contributed by atoms with Crippen molar-refractivity contribution in [2.75, 3.05) is 5.32 Å². The third-order valence-corrected chi connectivity index (χ3v) is 3.79. The van der Waals surface area contributed by atoms with E-state index in [0.29, 0.717) is 26.3 Å². The van der Waals surface area contributed by atoms with Crippen molar-refractivity contribution in [2.45, 2.75) is 6.42 Å². The molecular formula is C15H9Cl3N2O. The predicted molar refractivity (Wildman–Crippen MR) is 85.0 cm³/mol. The van der Waals surface area contributed by atoms with Gasteiger partial charge in [0.2, 0.25) is 5.91 Å². The molecule has 0 heterocycles. The lowest BCUT2D eigenvalue weighted by Gasteiger charge is -2.07. The van der Waals surface area contributed by atoms with Gasteiger partial charge < -0.3 is 5.32 Å². The second-order valence-corrected chi connectivity index (χ2v) is 5.50. The fourth-order valence-electron chi connectivity index (χ4n) is 1.73. The lowest BCUT2D eigenvalue weighted by atomic mass is 10.1. The average molecular weight is 340 g/mol. The van der Waals surface area contributed by atoms with Gasteiger partial charge in [0.25, 0.3) is 0 Å². The number of amides is 1. The van der Waals surface area contributed by atoms with Crippen molar-refractivity contribution in [1.82, 2.24) is 0 Å². The fourth-order valence-corrected chi connectivity index (χ4v) is 2.21. The van der Waals surface area contributed by atoms with Crippen molar-refractivity contribution in [1.29, 1.82) is 5.26 Å². The molecule has 0 atom stereocenters. The number of carbonyl (C=O) groups excluding carboxylic acids is 1. The van der Waals surface area contributed by atoms with Crippen molar-refractivity contribution < 1.29 is 4.79 Å². The zero-order chi connectivity index (χ0) is 15.4. The minimum absolute atomic E-state index is 0.154. The highest BCUT2D eigenvalue weighted by atomic mass is 35.5. The Bertz CT molecular complexity index is 738. The number of benzene rings is 2. The second kappa shape index (κ2) is 6.82. The molecule has 1 N–H and O–H groups in total. The summed E-state index contributed by atoms with van der Waals surface area (Å²) in [6.45, 7) is 0. The van der Waals surface area contributed by atoms with Gasteiger partial charge in [-0.3, -0.25) is 4.79 Å². The first kappa shape index (κ1) is 15.7. The molecule has 0 saturated carbocycles. The number of halogens is 3. The van der Waals surface area contributed by atoms with Crippen molar-refractivity contribution >= 4 is 46.4 Å². The van der Waals surface area contributed by atoms with Crippen LogP contribution in [0, 0.1) is 11.3 Å². The molecule has 0 radical (unpaired) electrons. The van der Waals surface area contributed by atoms with Gasteiger partial charge in [0.05, 0.1) is 27.1 Å². The van der Waals surface area contributed by atoms with Crippen LogP contribution in [0.15, 0.2) is 36.4 Å². The van der Waals surface area contributed by atoms with Crippen LogP contribution in [0.1, 0.15) is 11.1 Å². The van der Waals surface area contributed by atoms with Gasteiger partial charge >= 0.3 is 0 Å². The Hall–Kier alpha value is -1.73. The van der Waals surface area contributed by atoms with Crippen LogP contribution in [-0.4, -0.2) is 5.91 Å². The molecule has 0 fully saturated rings. The number of carbonyl (C=O) groups is 1. The molecule has 6 heteroatoms. The zero-order valence-electron chi connectivity index (χ0n) is 10.7. The van der Waals surface area contributed by atoms with Gasteiger partial charge in [-0.05, 0) is 35.9 Å². The van der Waals surface area contributed by atoms with E-state index in [0.717, 1.165) is 5.56 Å². The Labute approximate surface area is 137 Å². The molecule has 0 unspecified atom stereocenters. The summed E-state index contributed by atoms with van der Waals surface area (Å²) in [6, 6.07) is 11.7. The van der Waals surface area contributed by atoms with Crippen molar-refractivity contribution in [3.05, 3.63) is 62.6 Å². The molecule has 2 aromatic carbocycles. The summed E-state index contributed by atoms with van der Waals surface area (Å²) in [4.78, 5) is 12.0. The summed E-state index contributed by atoms with van der Waals surface area (Å²) >= 11 is 17.6. The third kappa shape index (κ3) is 4.12. The van der Waals surface area contributed by atoms with Crippen LogP contribution in [0.2, 0.25) is 15.1 Å². The summed E-state index contributed by atoms with van der Waals surface area (Å²) in [7, 11) is 0. The van der Waals surface area contributed by atoms with E-state index in [1.54, 1.807) is 30.3 Å². The lowest BCUT2D eigenvalue weighted by Crippen LogP contribution is -2.14. The Kier molecular flexibility index (Phi) is 5.08. The lowest BCUT2D eigenvalue weighted by molar-refractivity contribution is -0.115. The van der Waals surface area contributed by atoms with Crippen LogP contribution in [0.25, 0.3) is 0 Å². The molecule has 0 aliphatic heterocycles. The first-order valence-electron chi connectivity index (χ1n) is 5.93. The molecule has 2 rings (SSSR count). The Balaban J connectivity index is 2.08. The van der Waals surface area contributed by atoms with Gasteiger partial charge in [-0.15, -0.1) is 0 Å².